The summed E-state index contributed by atoms with van der Waals surface area (Å²) < 4.78 is 16.0. The Hall–Kier alpha value is -2.15. The first-order valence-corrected chi connectivity index (χ1v) is 7.52. The molecule has 126 valence electrons. The average Bonchev–Trinajstić information content (AvgIpc) is 2.68. The van der Waals surface area contributed by atoms with Crippen molar-refractivity contribution < 1.29 is 23.8 Å². The molecule has 0 radical (unpaired) electrons. The van der Waals surface area contributed by atoms with E-state index in [2.05, 4.69) is 10.9 Å². The van der Waals surface area contributed by atoms with Crippen molar-refractivity contribution in [2.75, 3.05) is 13.2 Å². The molecule has 2 rings (SSSR count). The number of hydrazine groups is 1. The number of carbonyl (C=O) groups excluding carboxylic acids is 2. The van der Waals surface area contributed by atoms with Gasteiger partial charge in [-0.3, -0.25) is 10.2 Å². The molecule has 0 unspecified atom stereocenters. The molecule has 0 bridgehead atoms. The van der Waals surface area contributed by atoms with Gasteiger partial charge in [0.15, 0.2) is 11.5 Å². The van der Waals surface area contributed by atoms with E-state index in [0.717, 1.165) is 6.42 Å². The van der Waals surface area contributed by atoms with Gasteiger partial charge in [-0.1, -0.05) is 11.6 Å². The van der Waals surface area contributed by atoms with Crippen molar-refractivity contribution in [1.82, 2.24) is 10.9 Å². The maximum Gasteiger partial charge on any atom is 0.426 e. The molecule has 0 saturated heterocycles. The van der Waals surface area contributed by atoms with Crippen molar-refractivity contribution in [1.29, 1.82) is 0 Å². The topological polar surface area (TPSA) is 85.9 Å². The Balaban J connectivity index is 2.04. The van der Waals surface area contributed by atoms with E-state index in [0.29, 0.717) is 24.7 Å². The van der Waals surface area contributed by atoms with Gasteiger partial charge >= 0.3 is 6.09 Å². The maximum absolute atomic E-state index is 12.1. The molecule has 0 atom stereocenters. The van der Waals surface area contributed by atoms with Gasteiger partial charge in [-0.15, -0.1) is 0 Å². The molecule has 23 heavy (non-hydrogen) atoms. The summed E-state index contributed by atoms with van der Waals surface area (Å²) in [7, 11) is 0. The van der Waals surface area contributed by atoms with Gasteiger partial charge < -0.3 is 14.2 Å². The van der Waals surface area contributed by atoms with Crippen molar-refractivity contribution in [3.05, 3.63) is 22.7 Å². The van der Waals surface area contributed by atoms with E-state index in [4.69, 9.17) is 25.8 Å². The lowest BCUT2D eigenvalue weighted by atomic mass is 10.2. The highest BCUT2D eigenvalue weighted by Crippen LogP contribution is 2.37. The molecule has 2 amide bonds. The molecule has 0 aromatic heterocycles. The Morgan fingerprint density at radius 3 is 2.57 bits per heavy atom. The summed E-state index contributed by atoms with van der Waals surface area (Å²) in [5.41, 5.74) is 4.00. The molecule has 8 heteroatoms. The molecular formula is C15H19ClN2O5. The number of hydrogen-bond donors (Lipinski definition) is 2. The van der Waals surface area contributed by atoms with Gasteiger partial charge in [0, 0.05) is 12.0 Å². The summed E-state index contributed by atoms with van der Waals surface area (Å²) in [6.07, 6.45) is -0.0292. The fourth-order valence-electron chi connectivity index (χ4n) is 1.85. The van der Waals surface area contributed by atoms with Gasteiger partial charge in [-0.25, -0.2) is 10.2 Å². The van der Waals surface area contributed by atoms with Gasteiger partial charge in [0.1, 0.15) is 5.60 Å². The van der Waals surface area contributed by atoms with Crippen LogP contribution in [0.3, 0.4) is 0 Å². The first kappa shape index (κ1) is 17.2. The van der Waals surface area contributed by atoms with Gasteiger partial charge in [-0.05, 0) is 32.9 Å². The number of carbonyl (C=O) groups is 2. The van der Waals surface area contributed by atoms with Crippen molar-refractivity contribution in [3.8, 4) is 11.5 Å². The summed E-state index contributed by atoms with van der Waals surface area (Å²) in [6.45, 7) is 6.14. The summed E-state index contributed by atoms with van der Waals surface area (Å²) >= 11 is 6.12. The second-order valence-electron chi connectivity index (χ2n) is 5.92. The molecule has 0 saturated carbocycles. The predicted molar refractivity (Wildman–Crippen MR) is 83.9 cm³/mol. The molecule has 0 aliphatic carbocycles. The van der Waals surface area contributed by atoms with Gasteiger partial charge in [0.05, 0.1) is 18.2 Å². The second kappa shape index (κ2) is 6.95. The van der Waals surface area contributed by atoms with Crippen molar-refractivity contribution in [3.63, 3.8) is 0 Å². The van der Waals surface area contributed by atoms with Crippen LogP contribution in [0.2, 0.25) is 5.02 Å². The van der Waals surface area contributed by atoms with Crippen LogP contribution in [0, 0.1) is 0 Å². The van der Waals surface area contributed by atoms with Gasteiger partial charge in [0.25, 0.3) is 5.91 Å². The number of benzene rings is 1. The highest BCUT2D eigenvalue weighted by molar-refractivity contribution is 6.32. The first-order chi connectivity index (χ1) is 10.8. The zero-order valence-corrected chi connectivity index (χ0v) is 14.0. The number of amides is 2. The van der Waals surface area contributed by atoms with Gasteiger partial charge in [-0.2, -0.15) is 0 Å². The monoisotopic (exact) mass is 342 g/mol. The Morgan fingerprint density at radius 1 is 1.17 bits per heavy atom. The van der Waals surface area contributed by atoms with E-state index >= 15 is 0 Å². The molecular weight excluding hydrogens is 324 g/mol. The molecule has 0 fully saturated rings. The molecule has 1 aliphatic rings. The van der Waals surface area contributed by atoms with Crippen molar-refractivity contribution in [2.24, 2.45) is 0 Å². The number of halogens is 1. The zero-order valence-electron chi connectivity index (χ0n) is 13.2. The third-order valence-corrected chi connectivity index (χ3v) is 3.02. The van der Waals surface area contributed by atoms with Crippen LogP contribution in [-0.2, 0) is 4.74 Å². The van der Waals surface area contributed by atoms with E-state index < -0.39 is 17.6 Å². The molecule has 0 spiro atoms. The number of fused-ring (bicyclic) bond motifs is 1. The van der Waals surface area contributed by atoms with E-state index in [1.54, 1.807) is 20.8 Å². The van der Waals surface area contributed by atoms with Gasteiger partial charge in [0.2, 0.25) is 0 Å². The standard InChI is InChI=1S/C15H19ClN2O5/c1-15(2,3)23-14(20)18-17-13(19)9-7-10(16)12-11(8-9)21-5-4-6-22-12/h7-8H,4-6H2,1-3H3,(H,17,19)(H,18,20). The Kier molecular flexibility index (Phi) is 5.20. The molecule has 2 N–H and O–H groups in total. The van der Waals surface area contributed by atoms with Crippen molar-refractivity contribution >= 4 is 23.6 Å². The molecule has 7 nitrogen and oxygen atoms in total. The SMILES string of the molecule is CC(C)(C)OC(=O)NNC(=O)c1cc(Cl)c2c(c1)OCCCO2. The quantitative estimate of drug-likeness (QED) is 0.766. The normalized spacial score (nSPS) is 13.7. The van der Waals surface area contributed by atoms with Crippen LogP contribution in [0.1, 0.15) is 37.6 Å². The van der Waals surface area contributed by atoms with E-state index in [1.165, 1.54) is 12.1 Å². The van der Waals surface area contributed by atoms with Crippen LogP contribution in [0.5, 0.6) is 11.5 Å². The third kappa shape index (κ3) is 4.92. The fraction of sp³-hybridized carbons (Fsp3) is 0.467. The van der Waals surface area contributed by atoms with E-state index in [1.807, 2.05) is 0 Å². The minimum atomic E-state index is -0.758. The number of ether oxygens (including phenoxy) is 3. The molecule has 1 heterocycles. The smallest absolute Gasteiger partial charge is 0.426 e. The largest absolute Gasteiger partial charge is 0.489 e. The fourth-order valence-corrected chi connectivity index (χ4v) is 2.11. The first-order valence-electron chi connectivity index (χ1n) is 7.15. The molecule has 1 aromatic carbocycles. The average molecular weight is 343 g/mol. The summed E-state index contributed by atoms with van der Waals surface area (Å²) in [6, 6.07) is 2.96. The third-order valence-electron chi connectivity index (χ3n) is 2.74. The summed E-state index contributed by atoms with van der Waals surface area (Å²) in [4.78, 5) is 23.6. The lowest BCUT2D eigenvalue weighted by molar-refractivity contribution is 0.0483. The zero-order chi connectivity index (χ0) is 17.0. The lowest BCUT2D eigenvalue weighted by Crippen LogP contribution is -2.44. The van der Waals surface area contributed by atoms with E-state index in [9.17, 15) is 9.59 Å². The van der Waals surface area contributed by atoms with Crippen LogP contribution in [0.4, 0.5) is 4.79 Å². The predicted octanol–water partition coefficient (Wildman–Crippen LogP) is 2.67. The van der Waals surface area contributed by atoms with Crippen LogP contribution < -0.4 is 20.3 Å². The minimum absolute atomic E-state index is 0.232. The Labute approximate surface area is 139 Å². The summed E-state index contributed by atoms with van der Waals surface area (Å²) in [5.74, 6) is 0.270. The number of rotatable bonds is 1. The van der Waals surface area contributed by atoms with Crippen LogP contribution in [0.15, 0.2) is 12.1 Å². The highest BCUT2D eigenvalue weighted by Gasteiger charge is 2.20. The van der Waals surface area contributed by atoms with Crippen LogP contribution in [-0.4, -0.2) is 30.8 Å². The maximum atomic E-state index is 12.1. The Morgan fingerprint density at radius 2 is 1.87 bits per heavy atom. The van der Waals surface area contributed by atoms with E-state index in [-0.39, 0.29) is 10.6 Å². The van der Waals surface area contributed by atoms with Crippen molar-refractivity contribution in [2.45, 2.75) is 32.8 Å². The minimum Gasteiger partial charge on any atom is -0.489 e. The molecule has 1 aliphatic heterocycles. The second-order valence-corrected chi connectivity index (χ2v) is 6.32. The Bertz CT molecular complexity index is 613. The number of hydrogen-bond acceptors (Lipinski definition) is 5. The summed E-state index contributed by atoms with van der Waals surface area (Å²) in [5, 5.41) is 0.270. The number of nitrogens with one attached hydrogen (secondary N) is 2. The highest BCUT2D eigenvalue weighted by atomic mass is 35.5. The lowest BCUT2D eigenvalue weighted by Gasteiger charge is -2.19. The van der Waals surface area contributed by atoms with Crippen LogP contribution >= 0.6 is 11.6 Å². The van der Waals surface area contributed by atoms with Crippen LogP contribution in [0.25, 0.3) is 0 Å². The molecule has 1 aromatic rings.